The zero-order chi connectivity index (χ0) is 18.9. The molecule has 2 heterocycles. The van der Waals surface area contributed by atoms with E-state index in [2.05, 4.69) is 21.6 Å². The number of amides is 2. The minimum Gasteiger partial charge on any atom is -0.381 e. The normalized spacial score (nSPS) is 22.9. The molecule has 0 bridgehead atoms. The molecule has 6 heteroatoms. The molecule has 0 radical (unpaired) electrons. The Kier molecular flexibility index (Phi) is 8.14. The van der Waals surface area contributed by atoms with Gasteiger partial charge in [-0.1, -0.05) is 11.6 Å². The molecule has 0 unspecified atom stereocenters. The molecule has 2 fully saturated rings. The first-order valence-corrected chi connectivity index (χ1v) is 10.8. The molecule has 0 saturated carbocycles. The van der Waals surface area contributed by atoms with Gasteiger partial charge < -0.3 is 20.3 Å². The summed E-state index contributed by atoms with van der Waals surface area (Å²) >= 11 is 0. The van der Waals surface area contributed by atoms with Crippen LogP contribution in [0.2, 0.25) is 0 Å². The van der Waals surface area contributed by atoms with Crippen LogP contribution in [0, 0.1) is 5.92 Å². The Hall–Kier alpha value is -1.40. The number of rotatable bonds is 6. The molecule has 27 heavy (non-hydrogen) atoms. The van der Waals surface area contributed by atoms with E-state index in [4.69, 9.17) is 4.74 Å². The van der Waals surface area contributed by atoms with Crippen molar-refractivity contribution in [2.24, 2.45) is 5.92 Å². The summed E-state index contributed by atoms with van der Waals surface area (Å²) in [5.41, 5.74) is 1.42. The number of hydrogen-bond donors (Lipinski definition) is 2. The summed E-state index contributed by atoms with van der Waals surface area (Å²) in [4.78, 5) is 26.5. The third-order valence-electron chi connectivity index (χ3n) is 6.23. The van der Waals surface area contributed by atoms with Gasteiger partial charge in [-0.3, -0.25) is 9.59 Å². The van der Waals surface area contributed by atoms with Crippen LogP contribution in [0.25, 0.3) is 0 Å². The van der Waals surface area contributed by atoms with Gasteiger partial charge in [-0.25, -0.2) is 0 Å². The Bertz CT molecular complexity index is 521. The van der Waals surface area contributed by atoms with E-state index in [1.54, 1.807) is 0 Å². The topological polar surface area (TPSA) is 70.7 Å². The first-order valence-electron chi connectivity index (χ1n) is 10.8. The Morgan fingerprint density at radius 1 is 1.04 bits per heavy atom. The largest absolute Gasteiger partial charge is 0.381 e. The fourth-order valence-corrected chi connectivity index (χ4v) is 4.44. The summed E-state index contributed by atoms with van der Waals surface area (Å²) in [5.74, 6) is -0.504. The zero-order valence-corrected chi connectivity index (χ0v) is 16.5. The van der Waals surface area contributed by atoms with Crippen molar-refractivity contribution in [3.8, 4) is 0 Å². The van der Waals surface area contributed by atoms with E-state index in [1.807, 2.05) is 0 Å². The molecule has 0 aromatic heterocycles. The third-order valence-corrected chi connectivity index (χ3v) is 6.23. The summed E-state index contributed by atoms with van der Waals surface area (Å²) in [6, 6.07) is 0.666. The van der Waals surface area contributed by atoms with Gasteiger partial charge in [-0.2, -0.15) is 0 Å². The molecule has 0 atom stereocenters. The molecule has 1 aliphatic carbocycles. The van der Waals surface area contributed by atoms with Gasteiger partial charge in [0, 0.05) is 32.3 Å². The highest BCUT2D eigenvalue weighted by atomic mass is 16.5. The maximum Gasteiger partial charge on any atom is 0.309 e. The van der Waals surface area contributed by atoms with Gasteiger partial charge in [0.25, 0.3) is 0 Å². The van der Waals surface area contributed by atoms with E-state index >= 15 is 0 Å². The van der Waals surface area contributed by atoms with Crippen molar-refractivity contribution >= 4 is 11.8 Å². The second-order valence-corrected chi connectivity index (χ2v) is 8.15. The lowest BCUT2D eigenvalue weighted by Crippen LogP contribution is -2.47. The Labute approximate surface area is 163 Å². The van der Waals surface area contributed by atoms with E-state index < -0.39 is 11.8 Å². The van der Waals surface area contributed by atoms with Crippen molar-refractivity contribution in [2.45, 2.75) is 63.8 Å². The predicted molar refractivity (Wildman–Crippen MR) is 105 cm³/mol. The second-order valence-electron chi connectivity index (χ2n) is 8.15. The van der Waals surface area contributed by atoms with E-state index in [0.29, 0.717) is 25.0 Å². The van der Waals surface area contributed by atoms with Crippen molar-refractivity contribution in [1.82, 2.24) is 15.5 Å². The van der Waals surface area contributed by atoms with Gasteiger partial charge in [-0.15, -0.1) is 0 Å². The quantitative estimate of drug-likeness (QED) is 0.549. The standard InChI is InChI=1S/C21H35N3O3/c25-20(22-11-6-17-4-2-1-3-5-17)21(26)23-16-18-7-12-24(13-8-18)19-9-14-27-15-10-19/h4,18-19H,1-3,5-16H2,(H,22,25)(H,23,26). The lowest BCUT2D eigenvalue weighted by molar-refractivity contribution is -0.139. The minimum absolute atomic E-state index is 0.477. The first kappa shape index (κ1) is 20.3. The van der Waals surface area contributed by atoms with Crippen LogP contribution in [-0.4, -0.2) is 62.1 Å². The number of carbonyl (C=O) groups is 2. The maximum atomic E-state index is 12.0. The highest BCUT2D eigenvalue weighted by Crippen LogP contribution is 2.23. The smallest absolute Gasteiger partial charge is 0.309 e. The maximum absolute atomic E-state index is 12.0. The van der Waals surface area contributed by atoms with Crippen LogP contribution in [0.15, 0.2) is 11.6 Å². The molecule has 0 aromatic rings. The molecule has 2 N–H and O–H groups in total. The highest BCUT2D eigenvalue weighted by molar-refractivity contribution is 6.35. The average molecular weight is 378 g/mol. The molecule has 0 spiro atoms. The SMILES string of the molecule is O=C(NCCC1=CCCCC1)C(=O)NCC1CCN(C2CCOCC2)CC1. The van der Waals surface area contributed by atoms with Crippen LogP contribution in [0.5, 0.6) is 0 Å². The monoisotopic (exact) mass is 377 g/mol. The second kappa shape index (κ2) is 10.8. The molecule has 2 amide bonds. The Morgan fingerprint density at radius 2 is 1.78 bits per heavy atom. The number of nitrogens with zero attached hydrogens (tertiary/aromatic N) is 1. The molecule has 2 aliphatic heterocycles. The number of ether oxygens (including phenoxy) is 1. The van der Waals surface area contributed by atoms with Gasteiger partial charge in [0.1, 0.15) is 0 Å². The number of piperidine rings is 1. The molecular weight excluding hydrogens is 342 g/mol. The van der Waals surface area contributed by atoms with Gasteiger partial charge in [0.15, 0.2) is 0 Å². The number of nitrogens with one attached hydrogen (secondary N) is 2. The molecule has 6 nitrogen and oxygen atoms in total. The Morgan fingerprint density at radius 3 is 2.48 bits per heavy atom. The lowest BCUT2D eigenvalue weighted by atomic mass is 9.94. The van der Waals surface area contributed by atoms with Gasteiger partial charge in [-0.05, 0) is 76.8 Å². The number of likely N-dealkylation sites (tertiary alicyclic amines) is 1. The first-order chi connectivity index (χ1) is 13.2. The minimum atomic E-state index is -0.494. The van der Waals surface area contributed by atoms with Crippen molar-refractivity contribution < 1.29 is 14.3 Å². The fourth-order valence-electron chi connectivity index (χ4n) is 4.44. The number of carbonyl (C=O) groups excluding carboxylic acids is 2. The van der Waals surface area contributed by atoms with E-state index in [-0.39, 0.29) is 0 Å². The molecule has 3 rings (SSSR count). The number of allylic oxidation sites excluding steroid dienone is 1. The molecule has 0 aromatic carbocycles. The van der Waals surface area contributed by atoms with Gasteiger partial charge >= 0.3 is 11.8 Å². The van der Waals surface area contributed by atoms with E-state index in [0.717, 1.165) is 71.2 Å². The summed E-state index contributed by atoms with van der Waals surface area (Å²) in [5, 5.41) is 5.59. The lowest BCUT2D eigenvalue weighted by Gasteiger charge is -2.39. The zero-order valence-electron chi connectivity index (χ0n) is 16.5. The van der Waals surface area contributed by atoms with Gasteiger partial charge in [0.2, 0.25) is 0 Å². The average Bonchev–Trinajstić information content (AvgIpc) is 2.73. The van der Waals surface area contributed by atoms with Crippen molar-refractivity contribution in [3.05, 3.63) is 11.6 Å². The van der Waals surface area contributed by atoms with Crippen molar-refractivity contribution in [3.63, 3.8) is 0 Å². The summed E-state index contributed by atoms with van der Waals surface area (Å²) in [6.07, 6.45) is 12.4. The summed E-state index contributed by atoms with van der Waals surface area (Å²) in [6.45, 7) is 5.11. The number of hydrogen-bond acceptors (Lipinski definition) is 4. The summed E-state index contributed by atoms with van der Waals surface area (Å²) in [7, 11) is 0. The van der Waals surface area contributed by atoms with E-state index in [9.17, 15) is 9.59 Å². The summed E-state index contributed by atoms with van der Waals surface area (Å²) < 4.78 is 5.45. The van der Waals surface area contributed by atoms with Crippen LogP contribution >= 0.6 is 0 Å². The van der Waals surface area contributed by atoms with Crippen molar-refractivity contribution in [2.75, 3.05) is 39.4 Å². The van der Waals surface area contributed by atoms with Crippen LogP contribution in [0.1, 0.15) is 57.8 Å². The van der Waals surface area contributed by atoms with Crippen LogP contribution in [-0.2, 0) is 14.3 Å². The fraction of sp³-hybridized carbons (Fsp3) is 0.810. The molecule has 3 aliphatic rings. The van der Waals surface area contributed by atoms with Crippen LogP contribution in [0.3, 0.4) is 0 Å². The third kappa shape index (κ3) is 6.61. The molecule has 2 saturated heterocycles. The molecular formula is C21H35N3O3. The van der Waals surface area contributed by atoms with E-state index in [1.165, 1.54) is 18.4 Å². The molecule has 152 valence electrons. The van der Waals surface area contributed by atoms with Crippen LogP contribution < -0.4 is 10.6 Å². The van der Waals surface area contributed by atoms with Crippen LogP contribution in [0.4, 0.5) is 0 Å². The highest BCUT2D eigenvalue weighted by Gasteiger charge is 2.27. The van der Waals surface area contributed by atoms with Gasteiger partial charge in [0.05, 0.1) is 0 Å². The predicted octanol–water partition coefficient (Wildman–Crippen LogP) is 2.00. The van der Waals surface area contributed by atoms with Crippen molar-refractivity contribution in [1.29, 1.82) is 0 Å². The Balaban J connectivity index is 1.27.